The Morgan fingerprint density at radius 2 is 2.08 bits per heavy atom. The maximum atomic E-state index is 12.8. The highest BCUT2D eigenvalue weighted by molar-refractivity contribution is 7.90. The molecule has 1 spiro atoms. The first-order valence-corrected chi connectivity index (χ1v) is 10.0. The average molecular weight is 381 g/mol. The Balaban J connectivity index is 1.91. The van der Waals surface area contributed by atoms with Crippen LogP contribution in [0.4, 0.5) is 4.79 Å². The van der Waals surface area contributed by atoms with Gasteiger partial charge in [0.25, 0.3) is 0 Å². The van der Waals surface area contributed by atoms with Crippen molar-refractivity contribution >= 4 is 17.5 Å². The SMILES string of the molecule is COc1ccc2c(n1)CC1(CCN(C(=O)O)CC1)[C@@H]2N[S+]([O-])C(C)(C)C. The Bertz CT molecular complexity index is 684. The van der Waals surface area contributed by atoms with Crippen molar-refractivity contribution in [2.24, 2.45) is 5.41 Å². The summed E-state index contributed by atoms with van der Waals surface area (Å²) in [6.07, 6.45) is 1.30. The Kier molecular flexibility index (Phi) is 5.11. The van der Waals surface area contributed by atoms with Crippen LogP contribution in [-0.4, -0.2) is 50.6 Å². The predicted octanol–water partition coefficient (Wildman–Crippen LogP) is 2.50. The van der Waals surface area contributed by atoms with Gasteiger partial charge in [0.05, 0.1) is 18.8 Å². The minimum atomic E-state index is -1.23. The van der Waals surface area contributed by atoms with Crippen LogP contribution in [0, 0.1) is 5.41 Å². The molecule has 0 radical (unpaired) electrons. The van der Waals surface area contributed by atoms with Gasteiger partial charge in [-0.15, -0.1) is 4.72 Å². The monoisotopic (exact) mass is 381 g/mol. The van der Waals surface area contributed by atoms with Crippen molar-refractivity contribution in [2.75, 3.05) is 20.2 Å². The van der Waals surface area contributed by atoms with Crippen LogP contribution in [0.15, 0.2) is 12.1 Å². The van der Waals surface area contributed by atoms with Gasteiger partial charge in [-0.25, -0.2) is 9.78 Å². The Hall–Kier alpha value is -1.51. The Labute approximate surface area is 157 Å². The van der Waals surface area contributed by atoms with Crippen molar-refractivity contribution in [2.45, 2.75) is 50.8 Å². The van der Waals surface area contributed by atoms with E-state index in [-0.39, 0.29) is 16.2 Å². The van der Waals surface area contributed by atoms with Crippen molar-refractivity contribution in [1.29, 1.82) is 0 Å². The first-order chi connectivity index (χ1) is 12.2. The lowest BCUT2D eigenvalue weighted by Gasteiger charge is -2.42. The van der Waals surface area contributed by atoms with Crippen molar-refractivity contribution in [1.82, 2.24) is 14.6 Å². The van der Waals surface area contributed by atoms with Crippen LogP contribution in [0.2, 0.25) is 0 Å². The zero-order valence-electron chi connectivity index (χ0n) is 15.7. The molecule has 2 heterocycles. The molecule has 26 heavy (non-hydrogen) atoms. The summed E-state index contributed by atoms with van der Waals surface area (Å²) in [4.78, 5) is 17.3. The first kappa shape index (κ1) is 19.3. The largest absolute Gasteiger partial charge is 0.598 e. The van der Waals surface area contributed by atoms with Crippen LogP contribution in [-0.2, 0) is 17.8 Å². The molecule has 2 aliphatic rings. The third-order valence-electron chi connectivity index (χ3n) is 5.45. The molecule has 2 atom stereocenters. The number of carbonyl (C=O) groups is 1. The number of likely N-dealkylation sites (tertiary alicyclic amines) is 1. The number of nitrogens with zero attached hydrogens (tertiary/aromatic N) is 2. The van der Waals surface area contributed by atoms with Gasteiger partial charge in [0.15, 0.2) is 0 Å². The second kappa shape index (κ2) is 6.90. The van der Waals surface area contributed by atoms with E-state index in [0.717, 1.165) is 30.5 Å². The quantitative estimate of drug-likeness (QED) is 0.781. The van der Waals surface area contributed by atoms with Crippen molar-refractivity contribution < 1.29 is 19.2 Å². The standard InChI is InChI=1S/C18H27N3O4S/c1-17(2,3)26(24)20-15-12-5-6-14(25-4)19-13(12)11-18(15)7-9-21(10-8-18)16(22)23/h5-6,15,20H,7-11H2,1-4H3,(H,22,23)/t15-,26?/m1/s1. The lowest BCUT2D eigenvalue weighted by molar-refractivity contribution is 0.0762. The summed E-state index contributed by atoms with van der Waals surface area (Å²) in [6.45, 7) is 6.80. The summed E-state index contributed by atoms with van der Waals surface area (Å²) in [6, 6.07) is 3.72. The highest BCUT2D eigenvalue weighted by Gasteiger charge is 2.51. The molecular weight excluding hydrogens is 354 g/mol. The number of ether oxygens (including phenoxy) is 1. The number of piperidine rings is 1. The normalized spacial score (nSPS) is 23.0. The number of methoxy groups -OCH3 is 1. The maximum Gasteiger partial charge on any atom is 0.407 e. The number of amides is 1. The highest BCUT2D eigenvalue weighted by Crippen LogP contribution is 2.52. The van der Waals surface area contributed by atoms with Crippen LogP contribution in [0.3, 0.4) is 0 Å². The van der Waals surface area contributed by atoms with Crippen LogP contribution in [0.1, 0.15) is 50.9 Å². The van der Waals surface area contributed by atoms with Gasteiger partial charge in [-0.1, -0.05) is 6.07 Å². The molecule has 0 aromatic carbocycles. The molecule has 1 fully saturated rings. The Morgan fingerprint density at radius 3 is 2.62 bits per heavy atom. The van der Waals surface area contributed by atoms with Crippen LogP contribution < -0.4 is 9.46 Å². The molecule has 0 saturated carbocycles. The molecule has 8 heteroatoms. The Morgan fingerprint density at radius 1 is 1.42 bits per heavy atom. The number of aromatic nitrogens is 1. The van der Waals surface area contributed by atoms with E-state index in [1.165, 1.54) is 4.90 Å². The highest BCUT2D eigenvalue weighted by atomic mass is 32.2. The fourth-order valence-corrected chi connectivity index (χ4v) is 4.80. The molecule has 144 valence electrons. The molecule has 1 aromatic heterocycles. The molecule has 7 nitrogen and oxygen atoms in total. The van der Waals surface area contributed by atoms with E-state index in [9.17, 15) is 14.5 Å². The van der Waals surface area contributed by atoms with Gasteiger partial charge in [-0.05, 0) is 45.6 Å². The van der Waals surface area contributed by atoms with Gasteiger partial charge in [0, 0.05) is 35.9 Å². The predicted molar refractivity (Wildman–Crippen MR) is 99.5 cm³/mol. The summed E-state index contributed by atoms with van der Waals surface area (Å²) in [5, 5.41) is 9.26. The fourth-order valence-electron chi connectivity index (χ4n) is 3.86. The van der Waals surface area contributed by atoms with Crippen molar-refractivity contribution in [3.8, 4) is 5.88 Å². The molecule has 1 aromatic rings. The summed E-state index contributed by atoms with van der Waals surface area (Å²) in [5.41, 5.74) is 1.83. The third-order valence-corrected chi connectivity index (χ3v) is 7.01. The summed E-state index contributed by atoms with van der Waals surface area (Å²) >= 11 is -1.23. The third kappa shape index (κ3) is 3.50. The van der Waals surface area contributed by atoms with Gasteiger partial charge in [0.2, 0.25) is 5.88 Å². The van der Waals surface area contributed by atoms with Crippen LogP contribution >= 0.6 is 0 Å². The number of fused-ring (bicyclic) bond motifs is 1. The molecule has 3 rings (SSSR count). The molecule has 1 aliphatic heterocycles. The number of carboxylic acid groups (broad SMARTS) is 1. The first-order valence-electron chi connectivity index (χ1n) is 8.86. The van der Waals surface area contributed by atoms with E-state index in [0.29, 0.717) is 19.0 Å². The maximum absolute atomic E-state index is 12.8. The van der Waals surface area contributed by atoms with E-state index in [2.05, 4.69) is 9.71 Å². The smallest absolute Gasteiger partial charge is 0.407 e. The summed E-state index contributed by atoms with van der Waals surface area (Å²) < 4.78 is 21.0. The molecule has 1 unspecified atom stereocenters. The topological polar surface area (TPSA) is 97.8 Å². The van der Waals surface area contributed by atoms with E-state index < -0.39 is 17.5 Å². The lowest BCUT2D eigenvalue weighted by Crippen LogP contribution is -2.50. The van der Waals surface area contributed by atoms with Gasteiger partial charge in [0.1, 0.15) is 4.75 Å². The van der Waals surface area contributed by atoms with Gasteiger partial charge >= 0.3 is 6.09 Å². The second-order valence-corrected chi connectivity index (χ2v) is 10.1. The van der Waals surface area contributed by atoms with Gasteiger partial charge in [-0.2, -0.15) is 0 Å². The zero-order chi connectivity index (χ0) is 19.1. The number of hydrogen-bond acceptors (Lipinski definition) is 5. The number of hydrogen-bond donors (Lipinski definition) is 2. The fraction of sp³-hybridized carbons (Fsp3) is 0.667. The lowest BCUT2D eigenvalue weighted by atomic mass is 9.73. The summed E-state index contributed by atoms with van der Waals surface area (Å²) in [5.74, 6) is 0.569. The zero-order valence-corrected chi connectivity index (χ0v) is 16.6. The molecule has 1 amide bonds. The molecular formula is C18H27N3O4S. The average Bonchev–Trinajstić information content (AvgIpc) is 2.86. The van der Waals surface area contributed by atoms with E-state index in [1.54, 1.807) is 7.11 Å². The van der Waals surface area contributed by atoms with Crippen molar-refractivity contribution in [3.63, 3.8) is 0 Å². The molecule has 1 saturated heterocycles. The summed E-state index contributed by atoms with van der Waals surface area (Å²) in [7, 11) is 1.59. The van der Waals surface area contributed by atoms with Crippen molar-refractivity contribution in [3.05, 3.63) is 23.4 Å². The van der Waals surface area contributed by atoms with Crippen LogP contribution in [0.5, 0.6) is 5.88 Å². The van der Waals surface area contributed by atoms with Gasteiger partial charge < -0.3 is 19.3 Å². The van der Waals surface area contributed by atoms with E-state index in [4.69, 9.17) is 4.74 Å². The minimum Gasteiger partial charge on any atom is -0.598 e. The minimum absolute atomic E-state index is 0.105. The number of nitrogens with one attached hydrogen (secondary N) is 1. The molecule has 1 aliphatic carbocycles. The van der Waals surface area contributed by atoms with E-state index in [1.807, 2.05) is 32.9 Å². The second-order valence-electron chi connectivity index (χ2n) is 8.13. The van der Waals surface area contributed by atoms with E-state index >= 15 is 0 Å². The van der Waals surface area contributed by atoms with Crippen LogP contribution in [0.25, 0.3) is 0 Å². The van der Waals surface area contributed by atoms with Gasteiger partial charge in [-0.3, -0.25) is 0 Å². The molecule has 2 N–H and O–H groups in total. The number of rotatable bonds is 3. The molecule has 0 bridgehead atoms. The number of pyridine rings is 1.